The van der Waals surface area contributed by atoms with Gasteiger partial charge in [-0.05, 0) is 17.7 Å². The summed E-state index contributed by atoms with van der Waals surface area (Å²) in [4.78, 5) is 10.3. The molecule has 21 heavy (non-hydrogen) atoms. The topological polar surface area (TPSA) is 55.2 Å². The summed E-state index contributed by atoms with van der Waals surface area (Å²) < 4.78 is 38.5. The second-order valence-electron chi connectivity index (χ2n) is 4.28. The Hall–Kier alpha value is -2.57. The lowest BCUT2D eigenvalue weighted by Crippen LogP contribution is -2.12. The monoisotopic (exact) mass is 296 g/mol. The van der Waals surface area contributed by atoms with Crippen LogP contribution in [0.5, 0.6) is 0 Å². The molecule has 0 aromatic heterocycles. The van der Waals surface area contributed by atoms with Crippen LogP contribution in [-0.2, 0) is 12.7 Å². The molecule has 7 heteroatoms. The summed E-state index contributed by atoms with van der Waals surface area (Å²) >= 11 is 0. The van der Waals surface area contributed by atoms with Crippen molar-refractivity contribution in [3.8, 4) is 0 Å². The number of nitro groups is 1. The van der Waals surface area contributed by atoms with E-state index < -0.39 is 16.7 Å². The molecule has 2 aromatic carbocycles. The van der Waals surface area contributed by atoms with Crippen molar-refractivity contribution in [1.82, 2.24) is 0 Å². The molecule has 0 unspecified atom stereocenters. The Morgan fingerprint density at radius 1 is 1.05 bits per heavy atom. The lowest BCUT2D eigenvalue weighted by molar-refractivity contribution is -0.384. The van der Waals surface area contributed by atoms with E-state index in [-0.39, 0.29) is 23.5 Å². The van der Waals surface area contributed by atoms with Crippen LogP contribution in [0.1, 0.15) is 11.1 Å². The Labute approximate surface area is 118 Å². The molecule has 0 saturated heterocycles. The van der Waals surface area contributed by atoms with Crippen molar-refractivity contribution in [2.75, 3.05) is 5.32 Å². The van der Waals surface area contributed by atoms with Gasteiger partial charge < -0.3 is 5.32 Å². The Bertz CT molecular complexity index is 657. The van der Waals surface area contributed by atoms with Crippen molar-refractivity contribution in [1.29, 1.82) is 0 Å². The van der Waals surface area contributed by atoms with Gasteiger partial charge >= 0.3 is 6.18 Å². The standard InChI is InChI=1S/C14H11F3N2O2/c15-14(16,17)11-6-2-1-5-10(11)9-18-12-7-3-4-8-13(12)19(20)21/h1-8,18H,9H2. The molecule has 0 aliphatic carbocycles. The maximum absolute atomic E-state index is 12.8. The zero-order chi connectivity index (χ0) is 15.5. The van der Waals surface area contributed by atoms with Gasteiger partial charge in [0.25, 0.3) is 5.69 Å². The van der Waals surface area contributed by atoms with E-state index in [9.17, 15) is 23.3 Å². The van der Waals surface area contributed by atoms with E-state index in [1.165, 1.54) is 36.4 Å². The largest absolute Gasteiger partial charge is 0.416 e. The zero-order valence-electron chi connectivity index (χ0n) is 10.7. The number of hydrogen-bond acceptors (Lipinski definition) is 3. The van der Waals surface area contributed by atoms with Crippen molar-refractivity contribution in [3.05, 3.63) is 69.8 Å². The normalized spacial score (nSPS) is 11.2. The highest BCUT2D eigenvalue weighted by molar-refractivity contribution is 5.61. The van der Waals surface area contributed by atoms with Crippen LogP contribution in [0.15, 0.2) is 48.5 Å². The second kappa shape index (κ2) is 5.82. The van der Waals surface area contributed by atoms with E-state index in [4.69, 9.17) is 0 Å². The first kappa shape index (κ1) is 14.8. The number of nitro benzene ring substituents is 1. The molecule has 0 atom stereocenters. The summed E-state index contributed by atoms with van der Waals surface area (Å²) in [5, 5.41) is 13.5. The molecule has 0 spiro atoms. The molecule has 0 amide bonds. The summed E-state index contributed by atoms with van der Waals surface area (Å²) in [5.41, 5.74) is -0.722. The summed E-state index contributed by atoms with van der Waals surface area (Å²) in [5.74, 6) is 0. The number of anilines is 1. The van der Waals surface area contributed by atoms with E-state index in [2.05, 4.69) is 5.32 Å². The molecule has 4 nitrogen and oxygen atoms in total. The van der Waals surface area contributed by atoms with Gasteiger partial charge in [0.2, 0.25) is 0 Å². The fourth-order valence-corrected chi connectivity index (χ4v) is 1.92. The highest BCUT2D eigenvalue weighted by atomic mass is 19.4. The van der Waals surface area contributed by atoms with Crippen molar-refractivity contribution in [2.45, 2.75) is 12.7 Å². The predicted octanol–water partition coefficient (Wildman–Crippen LogP) is 4.23. The second-order valence-corrected chi connectivity index (χ2v) is 4.28. The molecule has 110 valence electrons. The first-order valence-corrected chi connectivity index (χ1v) is 6.02. The van der Waals surface area contributed by atoms with E-state index in [1.54, 1.807) is 6.07 Å². The van der Waals surface area contributed by atoms with Crippen LogP contribution in [0.3, 0.4) is 0 Å². The molecule has 2 aromatic rings. The Kier molecular flexibility index (Phi) is 4.11. The molecule has 0 aliphatic rings. The van der Waals surface area contributed by atoms with Crippen LogP contribution in [0.25, 0.3) is 0 Å². The summed E-state index contributed by atoms with van der Waals surface area (Å²) in [6.07, 6.45) is -4.46. The molecule has 0 bridgehead atoms. The van der Waals surface area contributed by atoms with Gasteiger partial charge in [-0.3, -0.25) is 10.1 Å². The average molecular weight is 296 g/mol. The van der Waals surface area contributed by atoms with Gasteiger partial charge in [-0.2, -0.15) is 13.2 Å². The van der Waals surface area contributed by atoms with Crippen molar-refractivity contribution >= 4 is 11.4 Å². The molecule has 0 aliphatic heterocycles. The maximum Gasteiger partial charge on any atom is 0.416 e. The molecule has 0 heterocycles. The molecule has 2 rings (SSSR count). The number of rotatable bonds is 4. The Balaban J connectivity index is 2.24. The lowest BCUT2D eigenvalue weighted by Gasteiger charge is -2.13. The number of alkyl halides is 3. The van der Waals surface area contributed by atoms with Crippen LogP contribution >= 0.6 is 0 Å². The highest BCUT2D eigenvalue weighted by Gasteiger charge is 2.32. The first-order valence-electron chi connectivity index (χ1n) is 6.02. The van der Waals surface area contributed by atoms with Crippen LogP contribution < -0.4 is 5.32 Å². The summed E-state index contributed by atoms with van der Waals surface area (Å²) in [7, 11) is 0. The smallest absolute Gasteiger partial charge is 0.375 e. The van der Waals surface area contributed by atoms with Gasteiger partial charge in [0, 0.05) is 12.6 Å². The molecular weight excluding hydrogens is 285 g/mol. The first-order chi connectivity index (χ1) is 9.89. The number of nitrogens with zero attached hydrogens (tertiary/aromatic N) is 1. The van der Waals surface area contributed by atoms with E-state index in [1.807, 2.05) is 0 Å². The van der Waals surface area contributed by atoms with Gasteiger partial charge in [0.1, 0.15) is 5.69 Å². The third-order valence-electron chi connectivity index (χ3n) is 2.89. The fourth-order valence-electron chi connectivity index (χ4n) is 1.92. The number of para-hydroxylation sites is 2. The lowest BCUT2D eigenvalue weighted by atomic mass is 10.1. The number of benzene rings is 2. The molecule has 0 radical (unpaired) electrons. The molecule has 0 saturated carbocycles. The van der Waals surface area contributed by atoms with Crippen molar-refractivity contribution < 1.29 is 18.1 Å². The van der Waals surface area contributed by atoms with E-state index in [0.29, 0.717) is 0 Å². The van der Waals surface area contributed by atoms with Gasteiger partial charge in [0.15, 0.2) is 0 Å². The quantitative estimate of drug-likeness (QED) is 0.678. The highest BCUT2D eigenvalue weighted by Crippen LogP contribution is 2.32. The maximum atomic E-state index is 12.8. The van der Waals surface area contributed by atoms with Crippen molar-refractivity contribution in [2.24, 2.45) is 0 Å². The fraction of sp³-hybridized carbons (Fsp3) is 0.143. The van der Waals surface area contributed by atoms with Crippen LogP contribution in [0.4, 0.5) is 24.5 Å². The van der Waals surface area contributed by atoms with Gasteiger partial charge in [-0.25, -0.2) is 0 Å². The number of nitrogens with one attached hydrogen (secondary N) is 1. The average Bonchev–Trinajstić information content (AvgIpc) is 2.44. The number of hydrogen-bond donors (Lipinski definition) is 1. The third kappa shape index (κ3) is 3.50. The van der Waals surface area contributed by atoms with Gasteiger partial charge in [-0.1, -0.05) is 30.3 Å². The van der Waals surface area contributed by atoms with Crippen molar-refractivity contribution in [3.63, 3.8) is 0 Å². The SMILES string of the molecule is O=[N+]([O-])c1ccccc1NCc1ccccc1C(F)(F)F. The Morgan fingerprint density at radius 3 is 2.33 bits per heavy atom. The summed E-state index contributed by atoms with van der Waals surface area (Å²) in [6, 6.07) is 10.9. The zero-order valence-corrected chi connectivity index (χ0v) is 10.7. The predicted molar refractivity (Wildman–Crippen MR) is 71.9 cm³/mol. The minimum atomic E-state index is -4.46. The van der Waals surface area contributed by atoms with Crippen LogP contribution in [0.2, 0.25) is 0 Å². The van der Waals surface area contributed by atoms with Crippen LogP contribution in [0, 0.1) is 10.1 Å². The van der Waals surface area contributed by atoms with Gasteiger partial charge in [-0.15, -0.1) is 0 Å². The Morgan fingerprint density at radius 2 is 1.67 bits per heavy atom. The van der Waals surface area contributed by atoms with E-state index in [0.717, 1.165) is 6.07 Å². The minimum Gasteiger partial charge on any atom is -0.375 e. The van der Waals surface area contributed by atoms with Crippen LogP contribution in [-0.4, -0.2) is 4.92 Å². The summed E-state index contributed by atoms with van der Waals surface area (Å²) in [6.45, 7) is -0.152. The van der Waals surface area contributed by atoms with E-state index >= 15 is 0 Å². The molecule has 1 N–H and O–H groups in total. The molecule has 0 fully saturated rings. The third-order valence-corrected chi connectivity index (χ3v) is 2.89. The van der Waals surface area contributed by atoms with Gasteiger partial charge in [0.05, 0.1) is 10.5 Å². The minimum absolute atomic E-state index is 0.0307. The number of halogens is 3. The molecular formula is C14H11F3N2O2.